The van der Waals surface area contributed by atoms with Crippen molar-refractivity contribution in [1.29, 1.82) is 0 Å². The van der Waals surface area contributed by atoms with Crippen LogP contribution in [0.5, 0.6) is 0 Å². The van der Waals surface area contributed by atoms with Crippen LogP contribution < -0.4 is 4.90 Å². The molecule has 0 spiro atoms. The van der Waals surface area contributed by atoms with Crippen LogP contribution in [0, 0.1) is 11.7 Å². The number of rotatable bonds is 5. The molecule has 1 aliphatic carbocycles. The molecule has 1 aromatic carbocycles. The van der Waals surface area contributed by atoms with E-state index in [1.165, 1.54) is 23.1 Å². The molecule has 124 valence electrons. The minimum absolute atomic E-state index is 0.00693. The smallest absolute Gasteiger partial charge is 0.256 e. The van der Waals surface area contributed by atoms with E-state index in [9.17, 15) is 19.1 Å². The van der Waals surface area contributed by atoms with Gasteiger partial charge in [0.15, 0.2) is 0 Å². The van der Waals surface area contributed by atoms with Crippen molar-refractivity contribution in [3.63, 3.8) is 0 Å². The number of aliphatic hydroxyl groups excluding tert-OH is 1. The van der Waals surface area contributed by atoms with Gasteiger partial charge in [-0.05, 0) is 43.4 Å². The molecule has 0 radical (unpaired) electrons. The molecule has 0 aromatic heterocycles. The van der Waals surface area contributed by atoms with Gasteiger partial charge < -0.3 is 14.9 Å². The number of nitrogens with zero attached hydrogens (tertiary/aromatic N) is 2. The van der Waals surface area contributed by atoms with E-state index in [0.717, 1.165) is 19.3 Å². The molecule has 1 saturated carbocycles. The molecular formula is C17H21FN2O3. The molecule has 1 saturated heterocycles. The highest BCUT2D eigenvalue weighted by Gasteiger charge is 2.32. The van der Waals surface area contributed by atoms with E-state index in [-0.39, 0.29) is 23.9 Å². The van der Waals surface area contributed by atoms with Crippen LogP contribution in [0.15, 0.2) is 18.2 Å². The van der Waals surface area contributed by atoms with E-state index in [0.29, 0.717) is 18.7 Å². The van der Waals surface area contributed by atoms with Gasteiger partial charge in [-0.25, -0.2) is 4.39 Å². The first kappa shape index (κ1) is 15.9. The summed E-state index contributed by atoms with van der Waals surface area (Å²) in [5.41, 5.74) is 0.487. The largest absolute Gasteiger partial charge is 0.391 e. The van der Waals surface area contributed by atoms with Gasteiger partial charge in [-0.3, -0.25) is 9.59 Å². The van der Waals surface area contributed by atoms with Gasteiger partial charge in [0.1, 0.15) is 5.82 Å². The van der Waals surface area contributed by atoms with Crippen molar-refractivity contribution in [1.82, 2.24) is 4.90 Å². The summed E-state index contributed by atoms with van der Waals surface area (Å²) in [6.07, 6.45) is 2.64. The molecule has 6 heteroatoms. The van der Waals surface area contributed by atoms with Crippen molar-refractivity contribution in [2.75, 3.05) is 25.0 Å². The van der Waals surface area contributed by atoms with Crippen molar-refractivity contribution < 1.29 is 19.1 Å². The predicted octanol–water partition coefficient (Wildman–Crippen LogP) is 1.80. The van der Waals surface area contributed by atoms with Crippen molar-refractivity contribution >= 4 is 17.5 Å². The summed E-state index contributed by atoms with van der Waals surface area (Å²) >= 11 is 0. The summed E-state index contributed by atoms with van der Waals surface area (Å²) in [5, 5.41) is 9.95. The number of hydrogen-bond donors (Lipinski definition) is 1. The van der Waals surface area contributed by atoms with Gasteiger partial charge in [0.05, 0.1) is 11.7 Å². The average molecular weight is 320 g/mol. The Morgan fingerprint density at radius 3 is 2.83 bits per heavy atom. The first-order chi connectivity index (χ1) is 11.0. The van der Waals surface area contributed by atoms with E-state index in [1.807, 2.05) is 0 Å². The quantitative estimate of drug-likeness (QED) is 0.900. The zero-order valence-corrected chi connectivity index (χ0v) is 13.2. The fraction of sp³-hybridized carbons (Fsp3) is 0.529. The van der Waals surface area contributed by atoms with Gasteiger partial charge in [0.25, 0.3) is 5.91 Å². The number of benzene rings is 1. The molecule has 1 aromatic rings. The summed E-state index contributed by atoms with van der Waals surface area (Å²) in [6, 6.07) is 4.18. The first-order valence-corrected chi connectivity index (χ1v) is 8.01. The molecule has 0 bridgehead atoms. The van der Waals surface area contributed by atoms with E-state index >= 15 is 0 Å². The molecule has 1 atom stereocenters. The topological polar surface area (TPSA) is 60.9 Å². The fourth-order valence-electron chi connectivity index (χ4n) is 2.97. The SMILES string of the molecule is CN(CC(O)C1CC1)C(=O)c1cc(N2CCCC2=O)ccc1F. The number of halogens is 1. The summed E-state index contributed by atoms with van der Waals surface area (Å²) < 4.78 is 14.1. The molecule has 1 N–H and O–H groups in total. The number of carbonyl (C=O) groups is 2. The zero-order valence-electron chi connectivity index (χ0n) is 13.2. The van der Waals surface area contributed by atoms with Crippen molar-refractivity contribution in [3.05, 3.63) is 29.6 Å². The number of hydrogen-bond acceptors (Lipinski definition) is 3. The van der Waals surface area contributed by atoms with Crippen LogP contribution in [-0.2, 0) is 4.79 Å². The molecule has 23 heavy (non-hydrogen) atoms. The van der Waals surface area contributed by atoms with Crippen LogP contribution in [0.2, 0.25) is 0 Å². The minimum Gasteiger partial charge on any atom is -0.391 e. The summed E-state index contributed by atoms with van der Waals surface area (Å²) in [5.74, 6) is -0.843. The Morgan fingerprint density at radius 2 is 2.22 bits per heavy atom. The van der Waals surface area contributed by atoms with Crippen LogP contribution in [0.1, 0.15) is 36.0 Å². The third-order valence-corrected chi connectivity index (χ3v) is 4.54. The van der Waals surface area contributed by atoms with Gasteiger partial charge in [0.2, 0.25) is 5.91 Å². The Balaban J connectivity index is 1.77. The highest BCUT2D eigenvalue weighted by molar-refractivity contribution is 5.99. The zero-order chi connectivity index (χ0) is 16.6. The van der Waals surface area contributed by atoms with Gasteiger partial charge in [-0.2, -0.15) is 0 Å². The lowest BCUT2D eigenvalue weighted by Gasteiger charge is -2.22. The Labute approximate surface area is 134 Å². The maximum Gasteiger partial charge on any atom is 0.256 e. The van der Waals surface area contributed by atoms with E-state index in [4.69, 9.17) is 0 Å². The molecule has 2 fully saturated rings. The fourth-order valence-corrected chi connectivity index (χ4v) is 2.97. The standard InChI is InChI=1S/C17H21FN2O3/c1-19(10-15(21)11-4-5-11)17(23)13-9-12(6-7-14(13)18)20-8-2-3-16(20)22/h6-7,9,11,15,21H,2-5,8,10H2,1H3. The number of anilines is 1. The number of carbonyl (C=O) groups excluding carboxylic acids is 2. The molecule has 2 aliphatic rings. The van der Waals surface area contributed by atoms with Gasteiger partial charge in [-0.15, -0.1) is 0 Å². The lowest BCUT2D eigenvalue weighted by Crippen LogP contribution is -2.35. The second-order valence-electron chi connectivity index (χ2n) is 6.40. The highest BCUT2D eigenvalue weighted by atomic mass is 19.1. The lowest BCUT2D eigenvalue weighted by atomic mass is 10.1. The maximum absolute atomic E-state index is 14.1. The van der Waals surface area contributed by atoms with Crippen LogP contribution >= 0.6 is 0 Å². The number of likely N-dealkylation sites (N-methyl/N-ethyl adjacent to an activating group) is 1. The summed E-state index contributed by atoms with van der Waals surface area (Å²) in [6.45, 7) is 0.782. The second-order valence-corrected chi connectivity index (χ2v) is 6.40. The van der Waals surface area contributed by atoms with Gasteiger partial charge in [0, 0.05) is 32.2 Å². The van der Waals surface area contributed by atoms with Crippen LogP contribution in [0.25, 0.3) is 0 Å². The molecule has 2 amide bonds. The van der Waals surface area contributed by atoms with Crippen LogP contribution in [-0.4, -0.2) is 48.1 Å². The predicted molar refractivity (Wildman–Crippen MR) is 83.7 cm³/mol. The Hall–Kier alpha value is -1.95. The van der Waals surface area contributed by atoms with Crippen molar-refractivity contribution in [2.24, 2.45) is 5.92 Å². The number of aliphatic hydroxyl groups is 1. The number of amides is 2. The van der Waals surface area contributed by atoms with E-state index < -0.39 is 17.8 Å². The molecule has 5 nitrogen and oxygen atoms in total. The van der Waals surface area contributed by atoms with Gasteiger partial charge >= 0.3 is 0 Å². The Morgan fingerprint density at radius 1 is 1.48 bits per heavy atom. The summed E-state index contributed by atoms with van der Waals surface area (Å²) in [4.78, 5) is 27.2. The maximum atomic E-state index is 14.1. The molecule has 1 unspecified atom stereocenters. The lowest BCUT2D eigenvalue weighted by molar-refractivity contribution is -0.117. The van der Waals surface area contributed by atoms with Gasteiger partial charge in [-0.1, -0.05) is 0 Å². The highest BCUT2D eigenvalue weighted by Crippen LogP contribution is 2.33. The van der Waals surface area contributed by atoms with E-state index in [1.54, 1.807) is 11.9 Å². The minimum atomic E-state index is -0.613. The summed E-state index contributed by atoms with van der Waals surface area (Å²) in [7, 11) is 1.56. The first-order valence-electron chi connectivity index (χ1n) is 8.01. The molecule has 1 aliphatic heterocycles. The third-order valence-electron chi connectivity index (χ3n) is 4.54. The Bertz CT molecular complexity index is 630. The Kier molecular flexibility index (Phi) is 4.35. The van der Waals surface area contributed by atoms with Crippen molar-refractivity contribution in [3.8, 4) is 0 Å². The molecule has 3 rings (SSSR count). The second kappa shape index (κ2) is 6.28. The normalized spacial score (nSPS) is 19.1. The monoisotopic (exact) mass is 320 g/mol. The third kappa shape index (κ3) is 3.37. The van der Waals surface area contributed by atoms with Crippen LogP contribution in [0.3, 0.4) is 0 Å². The molecule has 1 heterocycles. The van der Waals surface area contributed by atoms with Crippen LogP contribution in [0.4, 0.5) is 10.1 Å². The average Bonchev–Trinajstić information content (AvgIpc) is 3.29. The molecular weight excluding hydrogens is 299 g/mol. The van der Waals surface area contributed by atoms with Crippen molar-refractivity contribution in [2.45, 2.75) is 31.8 Å². The van der Waals surface area contributed by atoms with E-state index in [2.05, 4.69) is 0 Å².